The Balaban J connectivity index is 0.000000897. The average molecular weight is 1040 g/mol. The molecular formula is C54H63ClN6O9S2. The number of nitrogens with one attached hydrogen (secondary N) is 2. The number of aliphatic hydroxyl groups excluding tert-OH is 2. The first-order valence-corrected chi connectivity index (χ1v) is 26.3. The van der Waals surface area contributed by atoms with Crippen LogP contribution in [0.5, 0.6) is 5.75 Å². The number of fused-ring (bicyclic) bond motifs is 3. The van der Waals surface area contributed by atoms with Gasteiger partial charge >= 0.3 is 0 Å². The third-order valence-corrected chi connectivity index (χ3v) is 17.2. The molecule has 4 atom stereocenters. The van der Waals surface area contributed by atoms with Gasteiger partial charge in [-0.3, -0.25) is 24.1 Å². The molecule has 15 nitrogen and oxygen atoms in total. The molecule has 72 heavy (non-hydrogen) atoms. The summed E-state index contributed by atoms with van der Waals surface area (Å²) >= 11 is 9.83. The fourth-order valence-corrected chi connectivity index (χ4v) is 13.6. The molecule has 2 bridgehead atoms. The van der Waals surface area contributed by atoms with Crippen LogP contribution in [0.1, 0.15) is 96.4 Å². The molecule has 2 amide bonds. The van der Waals surface area contributed by atoms with Gasteiger partial charge in [0.05, 0.1) is 16.6 Å². The summed E-state index contributed by atoms with van der Waals surface area (Å²) < 4.78 is 14.4. The van der Waals surface area contributed by atoms with Crippen molar-refractivity contribution in [1.29, 1.82) is 0 Å². The summed E-state index contributed by atoms with van der Waals surface area (Å²) in [5.74, 6) is 1.80. The number of oxazole rings is 1. The van der Waals surface area contributed by atoms with Crippen LogP contribution in [0.4, 0.5) is 17.4 Å². The Morgan fingerprint density at radius 1 is 1.00 bits per heavy atom. The van der Waals surface area contributed by atoms with Crippen LogP contribution < -0.4 is 25.2 Å². The van der Waals surface area contributed by atoms with E-state index < -0.39 is 6.04 Å². The van der Waals surface area contributed by atoms with E-state index in [-0.39, 0.29) is 23.8 Å². The Hall–Kier alpha value is -5.82. The smallest absolute Gasteiger partial charge is 0.298 e. The van der Waals surface area contributed by atoms with Gasteiger partial charge in [-0.2, -0.15) is 4.98 Å². The zero-order chi connectivity index (χ0) is 51.7. The maximum atomic E-state index is 13.5. The molecule has 0 spiro atoms. The molecule has 3 fully saturated rings. The van der Waals surface area contributed by atoms with Crippen molar-refractivity contribution in [1.82, 2.24) is 14.6 Å². The fraction of sp³-hybridized carbons (Fsp3) is 0.407. The molecule has 0 radical (unpaired) electrons. The highest BCUT2D eigenvalue weighted by atomic mass is 35.5. The van der Waals surface area contributed by atoms with Gasteiger partial charge in [0.15, 0.2) is 23.9 Å². The minimum absolute atomic E-state index is 0.0282. The number of halogens is 1. The van der Waals surface area contributed by atoms with E-state index in [1.165, 1.54) is 22.5 Å². The molecule has 10 rings (SSSR count). The lowest BCUT2D eigenvalue weighted by molar-refractivity contribution is -0.110. The molecule has 6 aromatic rings. The second-order valence-corrected chi connectivity index (χ2v) is 20.8. The number of hydrogen-bond donors (Lipinski definition) is 4. The molecule has 5 heterocycles. The van der Waals surface area contributed by atoms with E-state index in [1.54, 1.807) is 11.9 Å². The van der Waals surface area contributed by atoms with E-state index in [2.05, 4.69) is 82.2 Å². The second kappa shape index (κ2) is 24.3. The zero-order valence-corrected chi connectivity index (χ0v) is 43.8. The molecule has 382 valence electrons. The first-order chi connectivity index (χ1) is 35.0. The number of piperidine rings is 2. The van der Waals surface area contributed by atoms with Crippen molar-refractivity contribution >= 4 is 105 Å². The number of carbonyl (C=O) groups excluding carboxylic acids is 5. The molecule has 3 aliphatic heterocycles. The number of aliphatic hydroxyl groups is 2. The first kappa shape index (κ1) is 54.0. The lowest BCUT2D eigenvalue weighted by Crippen LogP contribution is -2.51. The molecule has 4 aliphatic rings. The number of carbonyl (C=O) groups is 5. The number of thiophene rings is 1. The highest BCUT2D eigenvalue weighted by Gasteiger charge is 2.56. The minimum Gasteiger partial charge on any atom is -0.483 e. The zero-order valence-electron chi connectivity index (χ0n) is 41.4. The van der Waals surface area contributed by atoms with Crippen LogP contribution in [0, 0.1) is 5.92 Å². The largest absolute Gasteiger partial charge is 0.483 e. The first-order valence-electron chi connectivity index (χ1n) is 24.2. The Bertz CT molecular complexity index is 2880. The summed E-state index contributed by atoms with van der Waals surface area (Å²) in [6.45, 7) is 8.22. The van der Waals surface area contributed by atoms with Crippen molar-refractivity contribution in [2.45, 2.75) is 94.6 Å². The van der Waals surface area contributed by atoms with Gasteiger partial charge in [0.25, 0.3) is 11.9 Å². The highest BCUT2D eigenvalue weighted by molar-refractivity contribution is 7.96. The molecule has 1 saturated carbocycles. The molecule has 4 unspecified atom stereocenters. The number of benzene rings is 4. The van der Waals surface area contributed by atoms with Crippen molar-refractivity contribution in [2.24, 2.45) is 5.92 Å². The molecule has 4 N–H and O–H groups in total. The Labute approximate surface area is 433 Å². The van der Waals surface area contributed by atoms with E-state index in [4.69, 9.17) is 40.7 Å². The third kappa shape index (κ3) is 10.6. The Morgan fingerprint density at radius 2 is 1.75 bits per heavy atom. The number of nitrogens with zero attached hydrogens (tertiary/aromatic N) is 4. The fourth-order valence-electron chi connectivity index (χ4n) is 10.9. The van der Waals surface area contributed by atoms with E-state index in [0.717, 1.165) is 121 Å². The quantitative estimate of drug-likeness (QED) is 0.0498. The lowest BCUT2D eigenvalue weighted by Gasteiger charge is -2.44. The third-order valence-electron chi connectivity index (χ3n) is 14.0. The van der Waals surface area contributed by atoms with Gasteiger partial charge in [-0.05, 0) is 116 Å². The van der Waals surface area contributed by atoms with Crippen LogP contribution in [0.15, 0.2) is 77.2 Å². The number of amides is 2. The number of anilines is 3. The number of hydrogen-bond acceptors (Lipinski definition) is 15. The molecule has 2 aromatic heterocycles. The average Bonchev–Trinajstić information content (AvgIpc) is 4.22. The van der Waals surface area contributed by atoms with Gasteiger partial charge in [0.2, 0.25) is 6.41 Å². The predicted molar refractivity (Wildman–Crippen MR) is 288 cm³/mol. The molecule has 4 aromatic carbocycles. The molecule has 18 heteroatoms. The molecule has 1 aliphatic carbocycles. The Morgan fingerprint density at radius 3 is 2.43 bits per heavy atom. The SMILES string of the molecule is CCCC(C=O)N1C(=O)c2cccc3c(C4CCN(c5nc6cc(CSN7C8CC(Nc9cccc(-c%10sc(C=O)c(OCC=O)c%10Cl)c9)C(C8)C7(C)C)ccc6o5)CC4)ccc1c23.CNC=O.CO.CO. The second-order valence-electron chi connectivity index (χ2n) is 18.4. The van der Waals surface area contributed by atoms with E-state index >= 15 is 0 Å². The predicted octanol–water partition coefficient (Wildman–Crippen LogP) is 9.55. The van der Waals surface area contributed by atoms with E-state index in [0.29, 0.717) is 64.5 Å². The topological polar surface area (TPSA) is 195 Å². The molecular weight excluding hydrogens is 976 g/mol. The number of aldehydes is 3. The maximum absolute atomic E-state index is 13.5. The van der Waals surface area contributed by atoms with E-state index in [1.807, 2.05) is 43.1 Å². The number of aromatic nitrogens is 1. The van der Waals surface area contributed by atoms with Gasteiger partial charge in [0, 0.05) is 74.4 Å². The summed E-state index contributed by atoms with van der Waals surface area (Å²) in [6.07, 6.45) is 8.40. The van der Waals surface area contributed by atoms with Crippen LogP contribution >= 0.6 is 34.9 Å². The summed E-state index contributed by atoms with van der Waals surface area (Å²) in [7, 11) is 3.56. The monoisotopic (exact) mass is 1040 g/mol. The number of rotatable bonds is 17. The summed E-state index contributed by atoms with van der Waals surface area (Å²) in [5, 5.41) is 22.5. The van der Waals surface area contributed by atoms with Gasteiger partial charge < -0.3 is 39.7 Å². The molecule has 2 saturated heterocycles. The van der Waals surface area contributed by atoms with Crippen LogP contribution in [0.2, 0.25) is 5.02 Å². The van der Waals surface area contributed by atoms with Crippen LogP contribution in [0.3, 0.4) is 0 Å². The van der Waals surface area contributed by atoms with Gasteiger partial charge in [-0.1, -0.05) is 73.3 Å². The highest BCUT2D eigenvalue weighted by Crippen LogP contribution is 2.54. The van der Waals surface area contributed by atoms with Crippen molar-refractivity contribution in [3.63, 3.8) is 0 Å². The minimum atomic E-state index is -0.455. The standard InChI is InChI=1S/C50H50ClN5O6S2.C2H5NO.2CH4O/c1-4-7-33(26-58)55-41-14-13-35(36-10-6-11-37(44(36)41)48(55)60)30-16-18-54(19-17-30)49-53-40-22-29(12-15-42(40)62-49)28-63-56-34-24-38(50(56,2)3)39(25-34)52-32-9-5-8-31(23-32)47-45(51)46(61-21-20-57)43(27-59)64-47;1-3-2-4;2*1-2/h5-6,8-15,20,22-23,26-27,30,33-34,38-39,52H,4,7,16-19,21,24-25,28H2,1-3H3;2H,1H3,(H,3,4);2*2H,1H3. The maximum Gasteiger partial charge on any atom is 0.298 e. The summed E-state index contributed by atoms with van der Waals surface area (Å²) in [5.41, 5.74) is 7.54. The van der Waals surface area contributed by atoms with Crippen molar-refractivity contribution < 1.29 is 43.3 Å². The Kier molecular flexibility index (Phi) is 18.2. The van der Waals surface area contributed by atoms with Crippen LogP contribution in [-0.2, 0) is 20.1 Å². The van der Waals surface area contributed by atoms with Crippen molar-refractivity contribution in [2.75, 3.05) is 56.1 Å². The van der Waals surface area contributed by atoms with Crippen LogP contribution in [0.25, 0.3) is 32.3 Å². The summed E-state index contributed by atoms with van der Waals surface area (Å²) in [6, 6.07) is 25.7. The van der Waals surface area contributed by atoms with Crippen LogP contribution in [-0.4, -0.2) is 115 Å². The van der Waals surface area contributed by atoms with Gasteiger partial charge in [-0.15, -0.1) is 11.3 Å². The van der Waals surface area contributed by atoms with Gasteiger partial charge in [-0.25, -0.2) is 4.31 Å². The van der Waals surface area contributed by atoms with Gasteiger partial charge in [0.1, 0.15) is 28.3 Å². The van der Waals surface area contributed by atoms with E-state index in [9.17, 15) is 19.2 Å². The van der Waals surface area contributed by atoms with Crippen molar-refractivity contribution in [3.05, 3.63) is 99.4 Å². The van der Waals surface area contributed by atoms with Crippen molar-refractivity contribution in [3.8, 4) is 16.2 Å². The summed E-state index contributed by atoms with van der Waals surface area (Å²) in [4.78, 5) is 67.4. The lowest BCUT2D eigenvalue weighted by atomic mass is 9.84. The number of ether oxygens (including phenoxy) is 1. The normalized spacial score (nSPS) is 19.1.